The first kappa shape index (κ1) is 20.4. The maximum absolute atomic E-state index is 13.5. The quantitative estimate of drug-likeness (QED) is 0.839. The molecule has 6 nitrogen and oxygen atoms in total. The average molecular weight is 398 g/mol. The highest BCUT2D eigenvalue weighted by molar-refractivity contribution is 6.02. The van der Waals surface area contributed by atoms with E-state index in [1.54, 1.807) is 18.3 Å². The van der Waals surface area contributed by atoms with Crippen molar-refractivity contribution in [2.75, 3.05) is 13.1 Å². The predicted octanol–water partition coefficient (Wildman–Crippen LogP) is 2.80. The zero-order chi connectivity index (χ0) is 21.0. The van der Waals surface area contributed by atoms with Gasteiger partial charge in [-0.3, -0.25) is 14.6 Å². The summed E-state index contributed by atoms with van der Waals surface area (Å²) in [7, 11) is 0. The highest BCUT2D eigenvalue weighted by atomic mass is 19.3. The third-order valence-corrected chi connectivity index (χ3v) is 4.89. The van der Waals surface area contributed by atoms with Gasteiger partial charge >= 0.3 is 0 Å². The van der Waals surface area contributed by atoms with Crippen LogP contribution in [-0.2, 0) is 11.2 Å². The molecule has 0 radical (unpaired) electrons. The normalized spacial score (nSPS) is 17.6. The second-order valence-electron chi connectivity index (χ2n) is 6.84. The highest BCUT2D eigenvalue weighted by Gasteiger charge is 2.47. The fourth-order valence-corrected chi connectivity index (χ4v) is 3.45. The van der Waals surface area contributed by atoms with E-state index in [0.717, 1.165) is 22.4 Å². The Hall–Kier alpha value is -3.34. The Morgan fingerprint density at radius 1 is 1.31 bits per heavy atom. The van der Waals surface area contributed by atoms with Gasteiger partial charge in [-0.1, -0.05) is 31.2 Å². The molecular formula is C21H20F2N4O2. The third kappa shape index (κ3) is 4.40. The molecule has 1 atom stereocenters. The number of halogens is 2. The molecule has 2 aromatic rings. The van der Waals surface area contributed by atoms with Crippen LogP contribution < -0.4 is 5.32 Å². The van der Waals surface area contributed by atoms with Gasteiger partial charge in [0.25, 0.3) is 11.8 Å². The largest absolute Gasteiger partial charge is 0.343 e. The number of carbonyl (C=O) groups is 2. The van der Waals surface area contributed by atoms with Gasteiger partial charge in [-0.05, 0) is 23.6 Å². The molecule has 1 saturated heterocycles. The Bertz CT molecular complexity index is 971. The number of nitriles is 1. The minimum Gasteiger partial charge on any atom is -0.343 e. The van der Waals surface area contributed by atoms with Crippen molar-refractivity contribution in [3.63, 3.8) is 0 Å². The van der Waals surface area contributed by atoms with Crippen LogP contribution in [0, 0.1) is 11.3 Å². The van der Waals surface area contributed by atoms with Crippen molar-refractivity contribution in [2.24, 2.45) is 0 Å². The van der Waals surface area contributed by atoms with Crippen molar-refractivity contribution in [3.8, 4) is 17.2 Å². The van der Waals surface area contributed by atoms with Crippen molar-refractivity contribution in [1.82, 2.24) is 15.2 Å². The molecule has 0 aliphatic carbocycles. The Labute approximate surface area is 167 Å². The molecule has 0 bridgehead atoms. The molecule has 1 aromatic carbocycles. The number of benzene rings is 1. The smallest absolute Gasteiger partial charge is 0.268 e. The van der Waals surface area contributed by atoms with Crippen molar-refractivity contribution >= 4 is 11.8 Å². The zero-order valence-electron chi connectivity index (χ0n) is 15.9. The Morgan fingerprint density at radius 3 is 2.79 bits per heavy atom. The zero-order valence-corrected chi connectivity index (χ0v) is 15.9. The van der Waals surface area contributed by atoms with E-state index < -0.39 is 43.3 Å². The van der Waals surface area contributed by atoms with E-state index in [1.807, 2.05) is 31.2 Å². The van der Waals surface area contributed by atoms with E-state index >= 15 is 0 Å². The summed E-state index contributed by atoms with van der Waals surface area (Å²) in [6, 6.07) is 9.70. The Morgan fingerprint density at radius 2 is 2.07 bits per heavy atom. The number of rotatable bonds is 5. The van der Waals surface area contributed by atoms with Crippen LogP contribution in [0.3, 0.4) is 0 Å². The molecule has 1 aliphatic heterocycles. The summed E-state index contributed by atoms with van der Waals surface area (Å²) in [6.45, 7) is 0.722. The topological polar surface area (TPSA) is 86.1 Å². The van der Waals surface area contributed by atoms with Crippen LogP contribution in [0.4, 0.5) is 8.78 Å². The van der Waals surface area contributed by atoms with E-state index in [1.165, 1.54) is 6.20 Å². The maximum atomic E-state index is 13.5. The number of nitrogens with one attached hydrogen (secondary N) is 1. The lowest BCUT2D eigenvalue weighted by Crippen LogP contribution is -2.43. The van der Waals surface area contributed by atoms with E-state index in [4.69, 9.17) is 5.26 Å². The van der Waals surface area contributed by atoms with Crippen molar-refractivity contribution in [3.05, 3.63) is 53.9 Å². The number of amides is 2. The summed E-state index contributed by atoms with van der Waals surface area (Å²) in [6.07, 6.45) is 3.13. The van der Waals surface area contributed by atoms with Gasteiger partial charge in [0.15, 0.2) is 0 Å². The lowest BCUT2D eigenvalue weighted by molar-refractivity contribution is -0.131. The number of aryl methyl sites for hydroxylation is 1. The van der Waals surface area contributed by atoms with Crippen LogP contribution in [0.15, 0.2) is 42.7 Å². The van der Waals surface area contributed by atoms with Crippen LogP contribution in [-0.4, -0.2) is 46.8 Å². The van der Waals surface area contributed by atoms with Crippen molar-refractivity contribution in [2.45, 2.75) is 31.7 Å². The van der Waals surface area contributed by atoms with Gasteiger partial charge in [0, 0.05) is 24.4 Å². The molecule has 3 rings (SSSR count). The highest BCUT2D eigenvalue weighted by Crippen LogP contribution is 2.31. The lowest BCUT2D eigenvalue weighted by Gasteiger charge is -2.19. The predicted molar refractivity (Wildman–Crippen MR) is 102 cm³/mol. The van der Waals surface area contributed by atoms with E-state index in [0.29, 0.717) is 11.1 Å². The summed E-state index contributed by atoms with van der Waals surface area (Å²) in [5.74, 6) is -4.32. The molecule has 1 aromatic heterocycles. The molecule has 1 fully saturated rings. The van der Waals surface area contributed by atoms with Gasteiger partial charge in [-0.25, -0.2) is 8.78 Å². The molecule has 2 amide bonds. The van der Waals surface area contributed by atoms with Gasteiger partial charge in [0.05, 0.1) is 24.7 Å². The summed E-state index contributed by atoms with van der Waals surface area (Å²) < 4.78 is 27.1. The SMILES string of the molecule is CCc1ccccc1-c1cnccc1C(=O)NCC(=O)N1CC(F)(F)C[C@H]1C#N. The maximum Gasteiger partial charge on any atom is 0.268 e. The Balaban J connectivity index is 1.76. The van der Waals surface area contributed by atoms with Gasteiger partial charge in [-0.15, -0.1) is 0 Å². The van der Waals surface area contributed by atoms with E-state index in [-0.39, 0.29) is 0 Å². The minimum absolute atomic E-state index is 0.331. The van der Waals surface area contributed by atoms with Gasteiger partial charge in [0.1, 0.15) is 6.04 Å². The average Bonchev–Trinajstić information content (AvgIpc) is 3.06. The van der Waals surface area contributed by atoms with Crippen LogP contribution in [0.2, 0.25) is 0 Å². The second-order valence-corrected chi connectivity index (χ2v) is 6.84. The van der Waals surface area contributed by atoms with Crippen molar-refractivity contribution in [1.29, 1.82) is 5.26 Å². The number of hydrogen-bond donors (Lipinski definition) is 1. The number of alkyl halides is 2. The molecule has 0 saturated carbocycles. The molecule has 0 spiro atoms. The molecule has 1 N–H and O–H groups in total. The molecule has 150 valence electrons. The first-order chi connectivity index (χ1) is 13.9. The monoisotopic (exact) mass is 398 g/mol. The fourth-order valence-electron chi connectivity index (χ4n) is 3.45. The number of likely N-dealkylation sites (tertiary alicyclic amines) is 1. The molecule has 1 aliphatic rings. The van der Waals surface area contributed by atoms with Crippen LogP contribution >= 0.6 is 0 Å². The van der Waals surface area contributed by atoms with Crippen LogP contribution in [0.25, 0.3) is 11.1 Å². The first-order valence-corrected chi connectivity index (χ1v) is 9.23. The van der Waals surface area contributed by atoms with Gasteiger partial charge in [-0.2, -0.15) is 5.26 Å². The lowest BCUT2D eigenvalue weighted by atomic mass is 9.95. The number of hydrogen-bond acceptors (Lipinski definition) is 4. The number of pyridine rings is 1. The summed E-state index contributed by atoms with van der Waals surface area (Å²) in [5.41, 5.74) is 2.86. The summed E-state index contributed by atoms with van der Waals surface area (Å²) in [5, 5.41) is 11.5. The third-order valence-electron chi connectivity index (χ3n) is 4.89. The van der Waals surface area contributed by atoms with E-state index in [2.05, 4.69) is 10.3 Å². The van der Waals surface area contributed by atoms with E-state index in [9.17, 15) is 18.4 Å². The van der Waals surface area contributed by atoms with Crippen LogP contribution in [0.1, 0.15) is 29.3 Å². The minimum atomic E-state index is -3.10. The number of carbonyl (C=O) groups excluding carboxylic acids is 2. The molecular weight excluding hydrogens is 378 g/mol. The standard InChI is InChI=1S/C21H20F2N4O2/c1-2-14-5-3-4-6-16(14)18-11-25-8-7-17(18)20(29)26-12-19(28)27-13-21(22,23)9-15(27)10-24/h3-8,11,15H,2,9,12-13H2,1H3,(H,26,29)/t15-/m0/s1. The van der Waals surface area contributed by atoms with Crippen molar-refractivity contribution < 1.29 is 18.4 Å². The molecule has 29 heavy (non-hydrogen) atoms. The number of nitrogens with zero attached hydrogens (tertiary/aromatic N) is 3. The van der Waals surface area contributed by atoms with Gasteiger partial charge < -0.3 is 10.2 Å². The van der Waals surface area contributed by atoms with Crippen LogP contribution in [0.5, 0.6) is 0 Å². The first-order valence-electron chi connectivity index (χ1n) is 9.23. The molecule has 0 unspecified atom stereocenters. The summed E-state index contributed by atoms with van der Waals surface area (Å²) in [4.78, 5) is 29.9. The number of aromatic nitrogens is 1. The second kappa shape index (κ2) is 8.35. The summed E-state index contributed by atoms with van der Waals surface area (Å²) >= 11 is 0. The van der Waals surface area contributed by atoms with Gasteiger partial charge in [0.2, 0.25) is 5.91 Å². The molecule has 8 heteroatoms. The Kier molecular flexibility index (Phi) is 5.87. The fraction of sp³-hybridized carbons (Fsp3) is 0.333. The molecule has 2 heterocycles.